The van der Waals surface area contributed by atoms with Gasteiger partial charge in [-0.05, 0) is 39.8 Å². The number of piperidine rings is 1. The molecule has 2 aliphatic rings. The van der Waals surface area contributed by atoms with Crippen LogP contribution in [-0.4, -0.2) is 99.1 Å². The molecule has 0 saturated carbocycles. The van der Waals surface area contributed by atoms with Crippen molar-refractivity contribution in [1.29, 1.82) is 0 Å². The highest BCUT2D eigenvalue weighted by atomic mass is 127. The van der Waals surface area contributed by atoms with E-state index in [0.29, 0.717) is 18.0 Å². The van der Waals surface area contributed by atoms with Crippen LogP contribution in [0.1, 0.15) is 39.5 Å². The molecule has 0 aromatic rings. The fraction of sp³-hybridized carbons (Fsp3) is 0.900. The van der Waals surface area contributed by atoms with Crippen molar-refractivity contribution in [1.82, 2.24) is 25.3 Å². The first-order valence-electron chi connectivity index (χ1n) is 10.6. The lowest BCUT2D eigenvalue weighted by atomic mass is 9.98. The third-order valence-electron chi connectivity index (χ3n) is 6.19. The number of amides is 1. The Labute approximate surface area is 188 Å². The Morgan fingerprint density at radius 2 is 1.75 bits per heavy atom. The van der Waals surface area contributed by atoms with Crippen LogP contribution >= 0.6 is 24.0 Å². The molecule has 2 N–H and O–H groups in total. The predicted octanol–water partition coefficient (Wildman–Crippen LogP) is 1.44. The third kappa shape index (κ3) is 7.33. The summed E-state index contributed by atoms with van der Waals surface area (Å²) in [5.74, 6) is 1.40. The smallest absolute Gasteiger partial charge is 0.225 e. The van der Waals surface area contributed by atoms with Crippen LogP contribution in [0.15, 0.2) is 4.99 Å². The summed E-state index contributed by atoms with van der Waals surface area (Å²) in [6.45, 7) is 10.1. The van der Waals surface area contributed by atoms with E-state index in [1.807, 2.05) is 7.05 Å². The molecule has 0 aromatic carbocycles. The summed E-state index contributed by atoms with van der Waals surface area (Å²) in [6, 6.07) is 0.885. The maximum absolute atomic E-state index is 12.5. The molecule has 0 spiro atoms. The highest BCUT2D eigenvalue weighted by Crippen LogP contribution is 2.17. The van der Waals surface area contributed by atoms with Crippen LogP contribution in [0.3, 0.4) is 0 Å². The molecule has 28 heavy (non-hydrogen) atoms. The summed E-state index contributed by atoms with van der Waals surface area (Å²) in [7, 11) is 6.21. The van der Waals surface area contributed by atoms with Crippen LogP contribution in [-0.2, 0) is 4.79 Å². The van der Waals surface area contributed by atoms with Gasteiger partial charge in [0.1, 0.15) is 0 Å². The summed E-state index contributed by atoms with van der Waals surface area (Å²) in [6.07, 6.45) is 3.85. The second-order valence-corrected chi connectivity index (χ2v) is 8.11. The van der Waals surface area contributed by atoms with Crippen LogP contribution in [0.2, 0.25) is 0 Å². The molecule has 1 amide bonds. The third-order valence-corrected chi connectivity index (χ3v) is 6.19. The number of likely N-dealkylation sites (N-methyl/N-ethyl adjacent to an activating group) is 2. The number of nitrogens with zero attached hydrogens (tertiary/aromatic N) is 4. The normalized spacial score (nSPS) is 22.9. The number of guanidine groups is 1. The molecule has 0 radical (unpaired) electrons. The Morgan fingerprint density at radius 3 is 2.32 bits per heavy atom. The Kier molecular flexibility index (Phi) is 11.7. The molecule has 164 valence electrons. The van der Waals surface area contributed by atoms with Crippen molar-refractivity contribution in [3.63, 3.8) is 0 Å². The first-order valence-corrected chi connectivity index (χ1v) is 10.6. The molecule has 2 aliphatic heterocycles. The maximum atomic E-state index is 12.5. The number of hydrogen-bond donors (Lipinski definition) is 2. The topological polar surface area (TPSA) is 63.2 Å². The lowest BCUT2D eigenvalue weighted by Crippen LogP contribution is -2.56. The van der Waals surface area contributed by atoms with Crippen molar-refractivity contribution in [2.24, 2.45) is 10.9 Å². The number of aliphatic imine (C=N–C) groups is 1. The number of nitrogens with one attached hydrogen (secondary N) is 2. The lowest BCUT2D eigenvalue weighted by molar-refractivity contribution is -0.136. The first kappa shape index (κ1) is 25.4. The fourth-order valence-electron chi connectivity index (χ4n) is 4.06. The molecule has 2 saturated heterocycles. The van der Waals surface area contributed by atoms with Gasteiger partial charge >= 0.3 is 0 Å². The molecular formula is C20H41IN6O. The number of hydrogen-bond acceptors (Lipinski definition) is 4. The molecule has 8 heteroatoms. The van der Waals surface area contributed by atoms with Crippen molar-refractivity contribution in [2.75, 3.05) is 60.4 Å². The summed E-state index contributed by atoms with van der Waals surface area (Å²) in [5.41, 5.74) is 0. The fourth-order valence-corrected chi connectivity index (χ4v) is 4.06. The van der Waals surface area contributed by atoms with Crippen molar-refractivity contribution in [3.05, 3.63) is 0 Å². The molecule has 2 heterocycles. The molecule has 0 aliphatic carbocycles. The van der Waals surface area contributed by atoms with Gasteiger partial charge in [-0.2, -0.15) is 0 Å². The van der Waals surface area contributed by atoms with Gasteiger partial charge in [0.2, 0.25) is 5.91 Å². The maximum Gasteiger partial charge on any atom is 0.225 e. The molecule has 1 atom stereocenters. The van der Waals surface area contributed by atoms with E-state index in [9.17, 15) is 4.79 Å². The zero-order chi connectivity index (χ0) is 19.8. The summed E-state index contributed by atoms with van der Waals surface area (Å²) in [4.78, 5) is 23.8. The Bertz CT molecular complexity index is 491. The summed E-state index contributed by atoms with van der Waals surface area (Å²) in [5, 5.41) is 7.05. The molecule has 7 nitrogen and oxygen atoms in total. The average molecular weight is 508 g/mol. The molecule has 2 rings (SSSR count). The van der Waals surface area contributed by atoms with E-state index in [2.05, 4.69) is 58.3 Å². The van der Waals surface area contributed by atoms with Crippen molar-refractivity contribution < 1.29 is 4.79 Å². The number of carbonyl (C=O) groups excluding carboxylic acids is 1. The Balaban J connectivity index is 0.00000392. The van der Waals surface area contributed by atoms with E-state index in [1.165, 1.54) is 0 Å². The van der Waals surface area contributed by atoms with Crippen molar-refractivity contribution in [2.45, 2.75) is 51.6 Å². The van der Waals surface area contributed by atoms with E-state index >= 15 is 0 Å². The molecule has 2 fully saturated rings. The van der Waals surface area contributed by atoms with Gasteiger partial charge in [0.15, 0.2) is 5.96 Å². The zero-order valence-corrected chi connectivity index (χ0v) is 20.7. The number of rotatable bonds is 6. The lowest BCUT2D eigenvalue weighted by Gasteiger charge is -2.38. The van der Waals surface area contributed by atoms with E-state index in [-0.39, 0.29) is 29.9 Å². The number of halogens is 1. The van der Waals surface area contributed by atoms with Gasteiger partial charge in [-0.3, -0.25) is 14.7 Å². The Morgan fingerprint density at radius 1 is 1.11 bits per heavy atom. The number of piperazine rings is 1. The highest BCUT2D eigenvalue weighted by Gasteiger charge is 2.27. The highest BCUT2D eigenvalue weighted by molar-refractivity contribution is 14.0. The minimum atomic E-state index is 0. The molecule has 0 aromatic heterocycles. The minimum absolute atomic E-state index is 0. The van der Waals surface area contributed by atoms with Crippen molar-refractivity contribution in [3.8, 4) is 0 Å². The standard InChI is InChI=1S/C20H40N6O.HI/c1-6-16(7-2)19(27)26-10-8-17(9-11-26)23-20(21-3)22-14-18-15-24(4)12-13-25(18)5;/h16-18H,6-15H2,1-5H3,(H2,21,22,23);1H. The van der Waals surface area contributed by atoms with Crippen molar-refractivity contribution >= 4 is 35.8 Å². The monoisotopic (exact) mass is 508 g/mol. The number of likely N-dealkylation sites (tertiary alicyclic amines) is 1. The SMILES string of the molecule is CCC(CC)C(=O)N1CCC(NC(=NC)NCC2CN(C)CCN2C)CC1.I. The van der Waals surface area contributed by atoms with Gasteiger partial charge in [0.25, 0.3) is 0 Å². The van der Waals surface area contributed by atoms with Crippen LogP contribution in [0.4, 0.5) is 0 Å². The van der Waals surface area contributed by atoms with Crippen LogP contribution in [0.25, 0.3) is 0 Å². The average Bonchev–Trinajstić information content (AvgIpc) is 2.68. The van der Waals surface area contributed by atoms with Gasteiger partial charge in [-0.1, -0.05) is 13.8 Å². The molecule has 0 bridgehead atoms. The molecular weight excluding hydrogens is 467 g/mol. The minimum Gasteiger partial charge on any atom is -0.355 e. The second-order valence-electron chi connectivity index (χ2n) is 8.11. The van der Waals surface area contributed by atoms with Gasteiger partial charge in [-0.15, -0.1) is 24.0 Å². The van der Waals surface area contributed by atoms with E-state index in [1.54, 1.807) is 0 Å². The first-order chi connectivity index (χ1) is 13.0. The quantitative estimate of drug-likeness (QED) is 0.323. The van der Waals surface area contributed by atoms with Crippen LogP contribution < -0.4 is 10.6 Å². The number of carbonyl (C=O) groups is 1. The summed E-state index contributed by atoms with van der Waals surface area (Å²) < 4.78 is 0. The largest absolute Gasteiger partial charge is 0.355 e. The summed E-state index contributed by atoms with van der Waals surface area (Å²) >= 11 is 0. The molecule has 1 unspecified atom stereocenters. The van der Waals surface area contributed by atoms with Crippen LogP contribution in [0.5, 0.6) is 0 Å². The second kappa shape index (κ2) is 12.8. The van der Waals surface area contributed by atoms with Gasteiger partial charge in [-0.25, -0.2) is 0 Å². The van der Waals surface area contributed by atoms with E-state index in [0.717, 1.165) is 70.9 Å². The van der Waals surface area contributed by atoms with Gasteiger partial charge < -0.3 is 20.4 Å². The van der Waals surface area contributed by atoms with Gasteiger partial charge in [0.05, 0.1) is 0 Å². The predicted molar refractivity (Wildman–Crippen MR) is 128 cm³/mol. The van der Waals surface area contributed by atoms with E-state index < -0.39 is 0 Å². The van der Waals surface area contributed by atoms with Crippen LogP contribution in [0, 0.1) is 5.92 Å². The van der Waals surface area contributed by atoms with E-state index in [4.69, 9.17) is 0 Å². The zero-order valence-electron chi connectivity index (χ0n) is 18.4. The van der Waals surface area contributed by atoms with Gasteiger partial charge in [0, 0.05) is 64.3 Å². The Hall–Kier alpha value is -0.610.